The number of rotatable bonds is 1. The molecule has 0 radical (unpaired) electrons. The van der Waals surface area contributed by atoms with Gasteiger partial charge in [0.1, 0.15) is 0 Å². The summed E-state index contributed by atoms with van der Waals surface area (Å²) in [4.78, 5) is 0. The molecule has 0 atom stereocenters. The molecular weight excluding hydrogens is 182 g/mol. The Morgan fingerprint density at radius 1 is 1.20 bits per heavy atom. The topological polar surface area (TPSA) is 26.0 Å². The molecule has 0 spiro atoms. The summed E-state index contributed by atoms with van der Waals surface area (Å²) >= 11 is 0. The van der Waals surface area contributed by atoms with Crippen LogP contribution in [0.5, 0.6) is 0 Å². The van der Waals surface area contributed by atoms with Crippen LogP contribution < -0.4 is 5.73 Å². The highest BCUT2D eigenvalue weighted by atomic mass is 14.5. The molecule has 1 nitrogen and oxygen atoms in total. The van der Waals surface area contributed by atoms with E-state index in [0.717, 1.165) is 11.1 Å². The minimum absolute atomic E-state index is 0.607. The second-order valence-electron chi connectivity index (χ2n) is 3.44. The van der Waals surface area contributed by atoms with Gasteiger partial charge in [-0.1, -0.05) is 37.8 Å². The smallest absolute Gasteiger partial charge is 0.0245 e. The maximum atomic E-state index is 5.50. The molecule has 0 aliphatic heterocycles. The third-order valence-electron chi connectivity index (χ3n) is 2.19. The van der Waals surface area contributed by atoms with Crippen molar-refractivity contribution in [1.82, 2.24) is 0 Å². The van der Waals surface area contributed by atoms with Crippen molar-refractivity contribution < 1.29 is 0 Å². The van der Waals surface area contributed by atoms with Gasteiger partial charge in [0.15, 0.2) is 0 Å². The van der Waals surface area contributed by atoms with Crippen LogP contribution in [-0.2, 0) is 6.54 Å². The van der Waals surface area contributed by atoms with E-state index < -0.39 is 0 Å². The summed E-state index contributed by atoms with van der Waals surface area (Å²) < 4.78 is 0. The molecule has 1 saturated carbocycles. The minimum atomic E-state index is 0.607. The van der Waals surface area contributed by atoms with Gasteiger partial charge in [-0.15, -0.1) is 0 Å². The molecule has 0 saturated heterocycles. The number of nitrogens with two attached hydrogens (primary N) is 1. The molecule has 1 aromatic rings. The fourth-order valence-electron chi connectivity index (χ4n) is 1.14. The molecule has 0 amide bonds. The van der Waals surface area contributed by atoms with Crippen LogP contribution in [0.15, 0.2) is 24.3 Å². The molecule has 0 heterocycles. The Balaban J connectivity index is 0.000000531. The van der Waals surface area contributed by atoms with Crippen LogP contribution in [0.2, 0.25) is 0 Å². The van der Waals surface area contributed by atoms with Crippen molar-refractivity contribution in [1.29, 1.82) is 0 Å². The fourth-order valence-corrected chi connectivity index (χ4v) is 1.14. The molecular formula is C14H19N. The number of hydrogen-bond acceptors (Lipinski definition) is 1. The molecule has 2 N–H and O–H groups in total. The molecule has 1 aliphatic carbocycles. The van der Waals surface area contributed by atoms with Crippen molar-refractivity contribution in [3.8, 4) is 11.8 Å². The molecule has 2 rings (SSSR count). The van der Waals surface area contributed by atoms with Crippen molar-refractivity contribution in [2.24, 2.45) is 11.7 Å². The number of hydrogen-bond donors (Lipinski definition) is 1. The van der Waals surface area contributed by atoms with E-state index in [1.54, 1.807) is 0 Å². The van der Waals surface area contributed by atoms with E-state index in [4.69, 9.17) is 5.73 Å². The molecule has 0 unspecified atom stereocenters. The maximum Gasteiger partial charge on any atom is 0.0245 e. The Morgan fingerprint density at radius 3 is 2.27 bits per heavy atom. The van der Waals surface area contributed by atoms with E-state index in [9.17, 15) is 0 Å². The van der Waals surface area contributed by atoms with Gasteiger partial charge >= 0.3 is 0 Å². The van der Waals surface area contributed by atoms with Crippen LogP contribution in [0.25, 0.3) is 0 Å². The van der Waals surface area contributed by atoms with E-state index in [1.807, 2.05) is 38.1 Å². The Kier molecular flexibility index (Phi) is 4.93. The molecule has 1 fully saturated rings. The third kappa shape index (κ3) is 4.18. The van der Waals surface area contributed by atoms with Crippen LogP contribution in [0, 0.1) is 17.8 Å². The standard InChI is InChI=1S/C12H13N.C2H6/c13-9-12-7-5-11(6-8-12)4-3-10-1-2-10;1-2/h5-8,10H,1-2,9,13H2;1-2H3. The van der Waals surface area contributed by atoms with Gasteiger partial charge in [0.05, 0.1) is 0 Å². The average molecular weight is 201 g/mol. The van der Waals surface area contributed by atoms with Crippen molar-refractivity contribution in [2.75, 3.05) is 0 Å². The zero-order valence-electron chi connectivity index (χ0n) is 9.59. The van der Waals surface area contributed by atoms with E-state index in [2.05, 4.69) is 11.8 Å². The van der Waals surface area contributed by atoms with Crippen LogP contribution in [0.1, 0.15) is 37.8 Å². The largest absolute Gasteiger partial charge is 0.326 e. The molecule has 15 heavy (non-hydrogen) atoms. The van der Waals surface area contributed by atoms with E-state index in [-0.39, 0.29) is 0 Å². The van der Waals surface area contributed by atoms with Crippen LogP contribution >= 0.6 is 0 Å². The summed E-state index contributed by atoms with van der Waals surface area (Å²) in [5.41, 5.74) is 7.76. The summed E-state index contributed by atoms with van der Waals surface area (Å²) in [5, 5.41) is 0. The van der Waals surface area contributed by atoms with Gasteiger partial charge in [-0.2, -0.15) is 0 Å². The first-order valence-electron chi connectivity index (χ1n) is 5.69. The van der Waals surface area contributed by atoms with Gasteiger partial charge in [0, 0.05) is 18.0 Å². The maximum absolute atomic E-state index is 5.50. The molecule has 0 aromatic heterocycles. The second kappa shape index (κ2) is 6.27. The first-order chi connectivity index (χ1) is 7.38. The Bertz CT molecular complexity index is 336. The van der Waals surface area contributed by atoms with Crippen molar-refractivity contribution in [3.63, 3.8) is 0 Å². The van der Waals surface area contributed by atoms with Crippen molar-refractivity contribution in [3.05, 3.63) is 35.4 Å². The average Bonchev–Trinajstić information content (AvgIpc) is 3.14. The summed E-state index contributed by atoms with van der Waals surface area (Å²) in [6, 6.07) is 8.16. The van der Waals surface area contributed by atoms with Gasteiger partial charge < -0.3 is 5.73 Å². The second-order valence-corrected chi connectivity index (χ2v) is 3.44. The van der Waals surface area contributed by atoms with Gasteiger partial charge in [0.2, 0.25) is 0 Å². The van der Waals surface area contributed by atoms with Gasteiger partial charge in [0.25, 0.3) is 0 Å². The lowest BCUT2D eigenvalue weighted by Gasteiger charge is -1.94. The highest BCUT2D eigenvalue weighted by molar-refractivity contribution is 5.37. The minimum Gasteiger partial charge on any atom is -0.326 e. The van der Waals surface area contributed by atoms with Crippen LogP contribution in [-0.4, -0.2) is 0 Å². The highest BCUT2D eigenvalue weighted by Crippen LogP contribution is 2.27. The lowest BCUT2D eigenvalue weighted by molar-refractivity contribution is 1.07. The quantitative estimate of drug-likeness (QED) is 0.695. The number of benzene rings is 1. The Morgan fingerprint density at radius 2 is 1.80 bits per heavy atom. The first-order valence-corrected chi connectivity index (χ1v) is 5.69. The van der Waals surface area contributed by atoms with Crippen molar-refractivity contribution >= 4 is 0 Å². The summed E-state index contributed by atoms with van der Waals surface area (Å²) in [7, 11) is 0. The van der Waals surface area contributed by atoms with E-state index in [1.165, 1.54) is 12.8 Å². The van der Waals surface area contributed by atoms with Gasteiger partial charge in [-0.3, -0.25) is 0 Å². The van der Waals surface area contributed by atoms with Crippen LogP contribution in [0.3, 0.4) is 0 Å². The van der Waals surface area contributed by atoms with Gasteiger partial charge in [-0.05, 0) is 30.5 Å². The summed E-state index contributed by atoms with van der Waals surface area (Å²) in [5.74, 6) is 7.07. The predicted molar refractivity (Wildman–Crippen MR) is 65.3 cm³/mol. The Hall–Kier alpha value is -1.26. The molecule has 1 heteroatoms. The molecule has 1 aromatic carbocycles. The van der Waals surface area contributed by atoms with E-state index >= 15 is 0 Å². The monoisotopic (exact) mass is 201 g/mol. The fraction of sp³-hybridized carbons (Fsp3) is 0.429. The Labute approximate surface area is 92.7 Å². The first kappa shape index (κ1) is 11.8. The zero-order chi connectivity index (χ0) is 11.1. The molecule has 0 bridgehead atoms. The van der Waals surface area contributed by atoms with Gasteiger partial charge in [-0.25, -0.2) is 0 Å². The third-order valence-corrected chi connectivity index (χ3v) is 2.19. The van der Waals surface area contributed by atoms with E-state index in [0.29, 0.717) is 12.5 Å². The van der Waals surface area contributed by atoms with Crippen molar-refractivity contribution in [2.45, 2.75) is 33.2 Å². The molecule has 1 aliphatic rings. The van der Waals surface area contributed by atoms with Crippen LogP contribution in [0.4, 0.5) is 0 Å². The summed E-state index contributed by atoms with van der Waals surface area (Å²) in [6.07, 6.45) is 2.57. The predicted octanol–water partition coefficient (Wildman–Crippen LogP) is 2.93. The zero-order valence-corrected chi connectivity index (χ0v) is 9.59. The normalized spacial score (nSPS) is 13.3. The lowest BCUT2D eigenvalue weighted by Crippen LogP contribution is -1.95. The lowest BCUT2D eigenvalue weighted by atomic mass is 10.1. The summed E-state index contributed by atoms with van der Waals surface area (Å²) in [6.45, 7) is 4.61. The molecule has 80 valence electrons. The SMILES string of the molecule is CC.NCc1ccc(C#CC2CC2)cc1. The highest BCUT2D eigenvalue weighted by Gasteiger charge is 2.17.